The number of nitrogen functional groups attached to an aromatic ring is 1. The van der Waals surface area contributed by atoms with Gasteiger partial charge in [-0.25, -0.2) is 4.98 Å². The van der Waals surface area contributed by atoms with E-state index in [4.69, 9.17) is 16.2 Å². The number of rotatable bonds is 3. The third-order valence-electron chi connectivity index (χ3n) is 3.86. The van der Waals surface area contributed by atoms with Crippen molar-refractivity contribution in [3.63, 3.8) is 0 Å². The quantitative estimate of drug-likeness (QED) is 0.914. The second kappa shape index (κ2) is 5.31. The Bertz CT molecular complexity index is 653. The number of nitrogens with zero attached hydrogens (tertiary/aromatic N) is 1. The van der Waals surface area contributed by atoms with Gasteiger partial charge in [0.15, 0.2) is 5.13 Å². The van der Waals surface area contributed by atoms with E-state index < -0.39 is 0 Å². The summed E-state index contributed by atoms with van der Waals surface area (Å²) in [6.07, 6.45) is 2.72. The van der Waals surface area contributed by atoms with E-state index in [2.05, 4.69) is 17.1 Å². The largest absolute Gasteiger partial charge is 0.491 e. The first-order valence-corrected chi connectivity index (χ1v) is 8.08. The molecule has 0 spiro atoms. The van der Waals surface area contributed by atoms with Gasteiger partial charge in [-0.2, -0.15) is 0 Å². The summed E-state index contributed by atoms with van der Waals surface area (Å²) >= 11 is 1.56. The fourth-order valence-corrected chi connectivity index (χ4v) is 3.85. The van der Waals surface area contributed by atoms with Crippen molar-refractivity contribution in [2.75, 3.05) is 5.73 Å². The second-order valence-electron chi connectivity index (χ2n) is 5.95. The van der Waals surface area contributed by atoms with E-state index in [0.717, 1.165) is 36.3 Å². The lowest BCUT2D eigenvalue weighted by molar-refractivity contribution is 0.241. The van der Waals surface area contributed by atoms with Crippen LogP contribution in [-0.2, 0) is 18.4 Å². The van der Waals surface area contributed by atoms with E-state index >= 15 is 0 Å². The Labute approximate surface area is 129 Å². The molecule has 1 unspecified atom stereocenters. The molecule has 0 saturated heterocycles. The van der Waals surface area contributed by atoms with E-state index in [1.54, 1.807) is 11.3 Å². The van der Waals surface area contributed by atoms with E-state index in [0.29, 0.717) is 5.13 Å². The first-order valence-electron chi connectivity index (χ1n) is 7.26. The normalized spacial score (nSPS) is 21.3. The van der Waals surface area contributed by atoms with Gasteiger partial charge in [-0.3, -0.25) is 0 Å². The Balaban J connectivity index is 1.89. The molecule has 5 heteroatoms. The Morgan fingerprint density at radius 1 is 1.38 bits per heavy atom. The highest BCUT2D eigenvalue weighted by atomic mass is 32.1. The zero-order chi connectivity index (χ0) is 15.0. The number of benzene rings is 1. The van der Waals surface area contributed by atoms with E-state index in [9.17, 15) is 0 Å². The van der Waals surface area contributed by atoms with Crippen LogP contribution in [-0.4, -0.2) is 11.1 Å². The molecule has 2 aromatic rings. The lowest BCUT2D eigenvalue weighted by Gasteiger charge is -2.33. The minimum atomic E-state index is -0.359. The van der Waals surface area contributed by atoms with Crippen molar-refractivity contribution in [1.82, 2.24) is 4.98 Å². The van der Waals surface area contributed by atoms with Crippen LogP contribution in [0.3, 0.4) is 0 Å². The molecule has 1 aromatic heterocycles. The first-order chi connectivity index (χ1) is 9.96. The van der Waals surface area contributed by atoms with Gasteiger partial charge in [0.2, 0.25) is 0 Å². The van der Waals surface area contributed by atoms with Gasteiger partial charge >= 0.3 is 0 Å². The summed E-state index contributed by atoms with van der Waals surface area (Å²) in [5.41, 5.74) is 14.4. The average molecular weight is 303 g/mol. The van der Waals surface area contributed by atoms with Crippen molar-refractivity contribution in [3.8, 4) is 5.75 Å². The molecule has 0 radical (unpaired) electrons. The molecule has 0 amide bonds. The van der Waals surface area contributed by atoms with Gasteiger partial charge in [0.05, 0.1) is 11.8 Å². The van der Waals surface area contributed by atoms with Crippen molar-refractivity contribution in [1.29, 1.82) is 0 Å². The smallest absolute Gasteiger partial charge is 0.180 e. The maximum absolute atomic E-state index is 6.69. The lowest BCUT2D eigenvalue weighted by atomic mass is 9.78. The van der Waals surface area contributed by atoms with Crippen LogP contribution in [0.4, 0.5) is 5.13 Å². The molecule has 112 valence electrons. The molecule has 0 saturated carbocycles. The minimum absolute atomic E-state index is 0.160. The fourth-order valence-electron chi connectivity index (χ4n) is 2.85. The third-order valence-corrected chi connectivity index (χ3v) is 4.79. The molecule has 21 heavy (non-hydrogen) atoms. The summed E-state index contributed by atoms with van der Waals surface area (Å²) < 4.78 is 5.78. The third kappa shape index (κ3) is 2.89. The zero-order valence-corrected chi connectivity index (χ0v) is 13.2. The highest BCUT2D eigenvalue weighted by molar-refractivity contribution is 7.15. The summed E-state index contributed by atoms with van der Waals surface area (Å²) in [7, 11) is 0. The molecule has 4 nitrogen and oxygen atoms in total. The average Bonchev–Trinajstić information content (AvgIpc) is 2.77. The number of thiazole rings is 1. The predicted octanol–water partition coefficient (Wildman–Crippen LogP) is 2.86. The number of aromatic nitrogens is 1. The van der Waals surface area contributed by atoms with Crippen LogP contribution >= 0.6 is 11.3 Å². The van der Waals surface area contributed by atoms with E-state index in [1.807, 2.05) is 26.0 Å². The highest BCUT2D eigenvalue weighted by Crippen LogP contribution is 2.38. The van der Waals surface area contributed by atoms with Gasteiger partial charge in [0.25, 0.3) is 0 Å². The second-order valence-corrected chi connectivity index (χ2v) is 7.06. The van der Waals surface area contributed by atoms with Crippen molar-refractivity contribution >= 4 is 16.5 Å². The number of hydrogen-bond acceptors (Lipinski definition) is 5. The van der Waals surface area contributed by atoms with Gasteiger partial charge < -0.3 is 16.2 Å². The minimum Gasteiger partial charge on any atom is -0.491 e. The molecule has 1 aliphatic rings. The topological polar surface area (TPSA) is 74.2 Å². The zero-order valence-electron chi connectivity index (χ0n) is 12.4. The standard InChI is InChI=1S/C16H21N3OS/c1-10(2)20-12-5-3-4-11(8-12)16(18)7-6-13-14(9-16)21-15(17)19-13/h3-5,8,10H,6-7,9,18H2,1-2H3,(H2,17,19). The monoisotopic (exact) mass is 303 g/mol. The summed E-state index contributed by atoms with van der Waals surface area (Å²) in [6, 6.07) is 8.14. The highest BCUT2D eigenvalue weighted by Gasteiger charge is 2.34. The maximum atomic E-state index is 6.69. The molecule has 1 atom stereocenters. The van der Waals surface area contributed by atoms with Crippen molar-refractivity contribution in [2.45, 2.75) is 44.8 Å². The van der Waals surface area contributed by atoms with Crippen LogP contribution in [0, 0.1) is 0 Å². The molecule has 1 heterocycles. The Kier molecular flexibility index (Phi) is 3.63. The van der Waals surface area contributed by atoms with E-state index in [1.165, 1.54) is 4.88 Å². The lowest BCUT2D eigenvalue weighted by Crippen LogP contribution is -2.41. The molecule has 1 aliphatic carbocycles. The van der Waals surface area contributed by atoms with Crippen LogP contribution in [0.2, 0.25) is 0 Å². The van der Waals surface area contributed by atoms with Crippen LogP contribution in [0.1, 0.15) is 36.4 Å². The molecule has 4 N–H and O–H groups in total. The number of fused-ring (bicyclic) bond motifs is 1. The summed E-state index contributed by atoms with van der Waals surface area (Å²) in [5.74, 6) is 0.877. The van der Waals surface area contributed by atoms with E-state index in [-0.39, 0.29) is 11.6 Å². The molecule has 0 bridgehead atoms. The Morgan fingerprint density at radius 2 is 2.19 bits per heavy atom. The van der Waals surface area contributed by atoms with Gasteiger partial charge in [-0.05, 0) is 44.4 Å². The molecule has 0 fully saturated rings. The molecule has 0 aliphatic heterocycles. The van der Waals surface area contributed by atoms with Crippen LogP contribution < -0.4 is 16.2 Å². The molecule has 1 aromatic carbocycles. The number of nitrogens with two attached hydrogens (primary N) is 2. The summed E-state index contributed by atoms with van der Waals surface area (Å²) in [4.78, 5) is 5.60. The molecular formula is C16H21N3OS. The number of aryl methyl sites for hydroxylation is 1. The van der Waals surface area contributed by atoms with Gasteiger partial charge in [0, 0.05) is 16.8 Å². The van der Waals surface area contributed by atoms with Crippen molar-refractivity contribution < 1.29 is 4.74 Å². The van der Waals surface area contributed by atoms with Gasteiger partial charge in [0.1, 0.15) is 5.75 Å². The van der Waals surface area contributed by atoms with Crippen LogP contribution in [0.25, 0.3) is 0 Å². The molecular weight excluding hydrogens is 282 g/mol. The van der Waals surface area contributed by atoms with Crippen LogP contribution in [0.15, 0.2) is 24.3 Å². The summed E-state index contributed by atoms with van der Waals surface area (Å²) in [6.45, 7) is 4.05. The van der Waals surface area contributed by atoms with Gasteiger partial charge in [-0.1, -0.05) is 12.1 Å². The number of hydrogen-bond donors (Lipinski definition) is 2. The Hall–Kier alpha value is -1.59. The first kappa shape index (κ1) is 14.4. The van der Waals surface area contributed by atoms with Crippen molar-refractivity contribution in [2.24, 2.45) is 5.73 Å². The number of anilines is 1. The summed E-state index contributed by atoms with van der Waals surface area (Å²) in [5, 5.41) is 0.640. The fraction of sp³-hybridized carbons (Fsp3) is 0.438. The predicted molar refractivity (Wildman–Crippen MR) is 86.6 cm³/mol. The van der Waals surface area contributed by atoms with Crippen molar-refractivity contribution in [3.05, 3.63) is 40.4 Å². The SMILES string of the molecule is CC(C)Oc1cccc(C2(N)CCc3nc(N)sc3C2)c1. The maximum Gasteiger partial charge on any atom is 0.180 e. The van der Waals surface area contributed by atoms with Crippen LogP contribution in [0.5, 0.6) is 5.75 Å². The Morgan fingerprint density at radius 3 is 2.95 bits per heavy atom. The number of ether oxygens (including phenoxy) is 1. The molecule has 3 rings (SSSR count). The van der Waals surface area contributed by atoms with Gasteiger partial charge in [-0.15, -0.1) is 11.3 Å².